The molecule has 19 heavy (non-hydrogen) atoms. The van der Waals surface area contributed by atoms with Crippen molar-refractivity contribution < 1.29 is 19.6 Å². The summed E-state index contributed by atoms with van der Waals surface area (Å²) in [6.07, 6.45) is 7.02. The molecule has 0 rings (SSSR count). The first-order chi connectivity index (χ1) is 8.90. The molecule has 0 heterocycles. The summed E-state index contributed by atoms with van der Waals surface area (Å²) in [5.41, 5.74) is 15.5. The molecule has 0 aliphatic rings. The SMILES string of the molecule is NC(=O)CCCCCCCCC(N)=O.NC(=O)NO. The van der Waals surface area contributed by atoms with Crippen LogP contribution in [0.3, 0.4) is 0 Å². The van der Waals surface area contributed by atoms with Crippen LogP contribution < -0.4 is 22.7 Å². The Balaban J connectivity index is 0. The summed E-state index contributed by atoms with van der Waals surface area (Å²) < 4.78 is 0. The zero-order valence-electron chi connectivity index (χ0n) is 11.1. The molecular weight excluding hydrogens is 252 g/mol. The van der Waals surface area contributed by atoms with Crippen LogP contribution >= 0.6 is 0 Å². The molecule has 8 heteroatoms. The van der Waals surface area contributed by atoms with Gasteiger partial charge in [-0.15, -0.1) is 0 Å². The van der Waals surface area contributed by atoms with E-state index in [-0.39, 0.29) is 11.8 Å². The minimum absolute atomic E-state index is 0.223. The van der Waals surface area contributed by atoms with Gasteiger partial charge in [0.1, 0.15) is 0 Å². The average molecular weight is 276 g/mol. The average Bonchev–Trinajstić information content (AvgIpc) is 2.32. The maximum absolute atomic E-state index is 10.4. The Hall–Kier alpha value is -1.83. The summed E-state index contributed by atoms with van der Waals surface area (Å²) in [4.78, 5) is 30.0. The predicted octanol–water partition coefficient (Wildman–Crippen LogP) is 0.122. The highest BCUT2D eigenvalue weighted by molar-refractivity contribution is 5.73. The van der Waals surface area contributed by atoms with Crippen LogP contribution in [0.25, 0.3) is 0 Å². The summed E-state index contributed by atoms with van der Waals surface area (Å²) in [7, 11) is 0. The summed E-state index contributed by atoms with van der Waals surface area (Å²) in [5.74, 6) is -0.447. The van der Waals surface area contributed by atoms with E-state index < -0.39 is 6.03 Å². The molecule has 4 amide bonds. The van der Waals surface area contributed by atoms with E-state index in [1.54, 1.807) is 0 Å². The van der Waals surface area contributed by atoms with Gasteiger partial charge in [0.15, 0.2) is 0 Å². The Kier molecular flexibility index (Phi) is 14.6. The Bertz CT molecular complexity index is 251. The fraction of sp³-hybridized carbons (Fsp3) is 0.727. The molecule has 0 fully saturated rings. The summed E-state index contributed by atoms with van der Waals surface area (Å²) in [5, 5.41) is 7.42. The minimum atomic E-state index is -0.940. The van der Waals surface area contributed by atoms with E-state index in [0.717, 1.165) is 38.5 Å². The summed E-state index contributed by atoms with van der Waals surface area (Å²) in [6.45, 7) is 0. The van der Waals surface area contributed by atoms with Crippen molar-refractivity contribution in [3.05, 3.63) is 0 Å². The zero-order valence-corrected chi connectivity index (χ0v) is 11.1. The largest absolute Gasteiger partial charge is 0.370 e. The molecule has 0 radical (unpaired) electrons. The van der Waals surface area contributed by atoms with Gasteiger partial charge in [-0.05, 0) is 12.8 Å². The number of urea groups is 1. The Morgan fingerprint density at radius 2 is 1.00 bits per heavy atom. The predicted molar refractivity (Wildman–Crippen MR) is 69.8 cm³/mol. The van der Waals surface area contributed by atoms with E-state index in [1.165, 1.54) is 5.48 Å². The smallest absolute Gasteiger partial charge is 0.335 e. The lowest BCUT2D eigenvalue weighted by Gasteiger charge is -1.99. The molecule has 0 aromatic carbocycles. The van der Waals surface area contributed by atoms with Gasteiger partial charge < -0.3 is 17.2 Å². The van der Waals surface area contributed by atoms with E-state index in [9.17, 15) is 14.4 Å². The molecule has 0 saturated carbocycles. The van der Waals surface area contributed by atoms with Crippen molar-refractivity contribution in [2.45, 2.75) is 51.4 Å². The van der Waals surface area contributed by atoms with Gasteiger partial charge in [-0.25, -0.2) is 10.3 Å². The molecule has 0 spiro atoms. The normalized spacial score (nSPS) is 9.11. The minimum Gasteiger partial charge on any atom is -0.370 e. The fourth-order valence-corrected chi connectivity index (χ4v) is 1.31. The first-order valence-electron chi connectivity index (χ1n) is 6.16. The summed E-state index contributed by atoms with van der Waals surface area (Å²) >= 11 is 0. The molecule has 0 aromatic rings. The highest BCUT2D eigenvalue weighted by atomic mass is 16.5. The maximum Gasteiger partial charge on any atom is 0.335 e. The van der Waals surface area contributed by atoms with Gasteiger partial charge in [0.25, 0.3) is 0 Å². The Labute approximate surface area is 112 Å². The lowest BCUT2D eigenvalue weighted by molar-refractivity contribution is -0.119. The van der Waals surface area contributed by atoms with Crippen LogP contribution in [-0.2, 0) is 9.59 Å². The number of hydroxylamine groups is 1. The molecule has 0 aliphatic heterocycles. The number of nitrogens with one attached hydrogen (secondary N) is 1. The maximum atomic E-state index is 10.4. The molecule has 0 bridgehead atoms. The molecular formula is C11H24N4O4. The molecule has 0 saturated heterocycles. The molecule has 0 unspecified atom stereocenters. The summed E-state index contributed by atoms with van der Waals surface area (Å²) in [6, 6.07) is -0.940. The van der Waals surface area contributed by atoms with Crippen LogP contribution in [0, 0.1) is 0 Å². The molecule has 0 aliphatic carbocycles. The second-order valence-corrected chi connectivity index (χ2v) is 4.03. The fourth-order valence-electron chi connectivity index (χ4n) is 1.31. The Morgan fingerprint density at radius 3 is 1.21 bits per heavy atom. The van der Waals surface area contributed by atoms with E-state index >= 15 is 0 Å². The van der Waals surface area contributed by atoms with E-state index in [1.807, 2.05) is 0 Å². The number of hydrogen-bond donors (Lipinski definition) is 5. The molecule has 0 aromatic heterocycles. The van der Waals surface area contributed by atoms with Gasteiger partial charge in [0.2, 0.25) is 11.8 Å². The number of unbranched alkanes of at least 4 members (excludes halogenated alkanes) is 5. The number of hydrogen-bond acceptors (Lipinski definition) is 4. The number of nitrogens with two attached hydrogens (primary N) is 3. The first kappa shape index (κ1) is 19.5. The highest BCUT2D eigenvalue weighted by Crippen LogP contribution is 2.07. The molecule has 8 nitrogen and oxygen atoms in total. The van der Waals surface area contributed by atoms with Crippen LogP contribution in [0.2, 0.25) is 0 Å². The van der Waals surface area contributed by atoms with Crippen molar-refractivity contribution in [1.29, 1.82) is 0 Å². The topological polar surface area (TPSA) is 162 Å². The van der Waals surface area contributed by atoms with Gasteiger partial charge >= 0.3 is 6.03 Å². The first-order valence-corrected chi connectivity index (χ1v) is 6.16. The number of carbonyl (C=O) groups excluding carboxylic acids is 3. The van der Waals surface area contributed by atoms with Gasteiger partial charge in [-0.3, -0.25) is 14.8 Å². The van der Waals surface area contributed by atoms with Crippen molar-refractivity contribution in [3.8, 4) is 0 Å². The third kappa shape index (κ3) is 26.0. The quantitative estimate of drug-likeness (QED) is 0.230. The van der Waals surface area contributed by atoms with Crippen LogP contribution in [0.15, 0.2) is 0 Å². The van der Waals surface area contributed by atoms with Crippen LogP contribution in [0.1, 0.15) is 51.4 Å². The third-order valence-corrected chi connectivity index (χ3v) is 2.21. The van der Waals surface area contributed by atoms with Crippen molar-refractivity contribution in [2.24, 2.45) is 17.2 Å². The molecule has 8 N–H and O–H groups in total. The van der Waals surface area contributed by atoms with Crippen molar-refractivity contribution in [1.82, 2.24) is 5.48 Å². The van der Waals surface area contributed by atoms with Gasteiger partial charge in [-0.2, -0.15) is 0 Å². The Morgan fingerprint density at radius 1 is 0.737 bits per heavy atom. The monoisotopic (exact) mass is 276 g/mol. The molecule has 0 atom stereocenters. The van der Waals surface area contributed by atoms with E-state index in [4.69, 9.17) is 16.7 Å². The number of rotatable bonds is 9. The van der Waals surface area contributed by atoms with Crippen LogP contribution in [-0.4, -0.2) is 23.1 Å². The van der Waals surface area contributed by atoms with Crippen LogP contribution in [0.4, 0.5) is 4.79 Å². The van der Waals surface area contributed by atoms with Crippen molar-refractivity contribution in [2.75, 3.05) is 0 Å². The lowest BCUT2D eigenvalue weighted by atomic mass is 10.1. The van der Waals surface area contributed by atoms with E-state index in [0.29, 0.717) is 12.8 Å². The zero-order chi connectivity index (χ0) is 15.1. The number of carbonyl (C=O) groups is 3. The second kappa shape index (κ2) is 14.2. The third-order valence-electron chi connectivity index (χ3n) is 2.21. The number of amides is 4. The number of primary amides is 3. The lowest BCUT2D eigenvalue weighted by Crippen LogP contribution is -2.25. The van der Waals surface area contributed by atoms with Gasteiger partial charge in [0.05, 0.1) is 0 Å². The standard InChI is InChI=1S/C10H20N2O2.CH4N2O2/c11-9(13)7-5-3-1-2-4-6-8-10(12)14;2-1(4)3-5/h1-8H2,(H2,11,13)(H2,12,14);5H,(H3,2,3,4). The highest BCUT2D eigenvalue weighted by Gasteiger charge is 1.96. The van der Waals surface area contributed by atoms with Crippen LogP contribution in [0.5, 0.6) is 0 Å². The van der Waals surface area contributed by atoms with Crippen molar-refractivity contribution >= 4 is 17.8 Å². The second-order valence-electron chi connectivity index (χ2n) is 4.03. The van der Waals surface area contributed by atoms with Gasteiger partial charge in [-0.1, -0.05) is 25.7 Å². The van der Waals surface area contributed by atoms with E-state index in [2.05, 4.69) is 5.73 Å². The van der Waals surface area contributed by atoms with Gasteiger partial charge in [0, 0.05) is 12.8 Å². The van der Waals surface area contributed by atoms with Crippen molar-refractivity contribution in [3.63, 3.8) is 0 Å². The molecule has 112 valence electrons.